The van der Waals surface area contributed by atoms with Crippen molar-refractivity contribution in [3.05, 3.63) is 48.0 Å². The molecule has 3 nitrogen and oxygen atoms in total. The summed E-state index contributed by atoms with van der Waals surface area (Å²) in [6, 6.07) is 14.6. The van der Waals surface area contributed by atoms with Gasteiger partial charge in [-0.2, -0.15) is 0 Å². The van der Waals surface area contributed by atoms with Crippen molar-refractivity contribution in [1.82, 2.24) is 9.80 Å². The Morgan fingerprint density at radius 3 is 2.33 bits per heavy atom. The summed E-state index contributed by atoms with van der Waals surface area (Å²) < 4.78 is 0. The first-order valence-corrected chi connectivity index (χ1v) is 7.68. The molecule has 1 saturated heterocycles. The van der Waals surface area contributed by atoms with Crippen LogP contribution < -0.4 is 0 Å². The number of fused-ring (bicyclic) bond motifs is 1. The molecule has 1 fully saturated rings. The lowest BCUT2D eigenvalue weighted by atomic mass is 10.0. The van der Waals surface area contributed by atoms with E-state index in [1.54, 1.807) is 0 Å². The summed E-state index contributed by atoms with van der Waals surface area (Å²) in [4.78, 5) is 17.2. The normalized spacial score (nSPS) is 16.6. The fraction of sp³-hybridized carbons (Fsp3) is 0.389. The van der Waals surface area contributed by atoms with Crippen molar-refractivity contribution in [2.45, 2.75) is 19.9 Å². The van der Waals surface area contributed by atoms with Crippen LogP contribution in [0.2, 0.25) is 0 Å². The molecule has 0 aliphatic carbocycles. The Labute approximate surface area is 126 Å². The zero-order valence-electron chi connectivity index (χ0n) is 12.7. The zero-order chi connectivity index (χ0) is 14.8. The first kappa shape index (κ1) is 14.1. The maximum Gasteiger partial charge on any atom is 0.254 e. The molecule has 0 atom stereocenters. The Bertz CT molecular complexity index is 637. The van der Waals surface area contributed by atoms with Crippen molar-refractivity contribution >= 4 is 16.7 Å². The standard InChI is InChI=1S/C18H22N2O/c1-14(2)19-10-12-20(13-11-19)18(21)17-9-5-7-15-6-3-4-8-16(15)17/h3-9,14H,10-13H2,1-2H3. The van der Waals surface area contributed by atoms with Crippen LogP contribution in [0.1, 0.15) is 24.2 Å². The molecular weight excluding hydrogens is 260 g/mol. The van der Waals surface area contributed by atoms with Gasteiger partial charge in [0.15, 0.2) is 0 Å². The first-order chi connectivity index (χ1) is 10.2. The predicted octanol–water partition coefficient (Wildman–Crippen LogP) is 3.01. The van der Waals surface area contributed by atoms with E-state index in [-0.39, 0.29) is 5.91 Å². The van der Waals surface area contributed by atoms with Crippen LogP contribution in [0.25, 0.3) is 10.8 Å². The van der Waals surface area contributed by atoms with Gasteiger partial charge in [0.05, 0.1) is 0 Å². The average molecular weight is 282 g/mol. The van der Waals surface area contributed by atoms with Crippen LogP contribution in [0.3, 0.4) is 0 Å². The monoisotopic (exact) mass is 282 g/mol. The summed E-state index contributed by atoms with van der Waals surface area (Å²) in [6.45, 7) is 7.99. The average Bonchev–Trinajstić information content (AvgIpc) is 2.53. The molecule has 0 N–H and O–H groups in total. The second kappa shape index (κ2) is 5.86. The fourth-order valence-electron chi connectivity index (χ4n) is 3.02. The molecule has 0 radical (unpaired) electrons. The SMILES string of the molecule is CC(C)N1CCN(C(=O)c2cccc3ccccc23)CC1. The number of carbonyl (C=O) groups is 1. The van der Waals surface area contributed by atoms with Gasteiger partial charge in [0.25, 0.3) is 5.91 Å². The molecule has 0 aromatic heterocycles. The zero-order valence-corrected chi connectivity index (χ0v) is 12.7. The molecule has 1 amide bonds. The van der Waals surface area contributed by atoms with Gasteiger partial charge in [-0.3, -0.25) is 9.69 Å². The minimum atomic E-state index is 0.162. The molecule has 1 aliphatic rings. The lowest BCUT2D eigenvalue weighted by molar-refractivity contribution is 0.0597. The third-order valence-corrected chi connectivity index (χ3v) is 4.35. The van der Waals surface area contributed by atoms with Gasteiger partial charge in [-0.15, -0.1) is 0 Å². The largest absolute Gasteiger partial charge is 0.336 e. The molecule has 1 aliphatic heterocycles. The summed E-state index contributed by atoms with van der Waals surface area (Å²) >= 11 is 0. The molecule has 3 heteroatoms. The molecule has 2 aromatic carbocycles. The highest BCUT2D eigenvalue weighted by Crippen LogP contribution is 2.20. The second-order valence-corrected chi connectivity index (χ2v) is 5.95. The minimum absolute atomic E-state index is 0.162. The number of benzene rings is 2. The molecule has 110 valence electrons. The molecule has 1 heterocycles. The van der Waals surface area contributed by atoms with Crippen LogP contribution in [-0.4, -0.2) is 47.9 Å². The minimum Gasteiger partial charge on any atom is -0.336 e. The number of rotatable bonds is 2. The van der Waals surface area contributed by atoms with E-state index < -0.39 is 0 Å². The lowest BCUT2D eigenvalue weighted by Gasteiger charge is -2.37. The van der Waals surface area contributed by atoms with E-state index in [0.29, 0.717) is 6.04 Å². The highest BCUT2D eigenvalue weighted by atomic mass is 16.2. The molecule has 3 rings (SSSR count). The quantitative estimate of drug-likeness (QED) is 0.845. The van der Waals surface area contributed by atoms with Crippen LogP contribution in [0, 0.1) is 0 Å². The van der Waals surface area contributed by atoms with E-state index in [9.17, 15) is 4.79 Å². The number of carbonyl (C=O) groups excluding carboxylic acids is 1. The molecule has 2 aromatic rings. The van der Waals surface area contributed by atoms with Crippen LogP contribution in [0.15, 0.2) is 42.5 Å². The number of piperazine rings is 1. The lowest BCUT2D eigenvalue weighted by Crippen LogP contribution is -2.50. The van der Waals surface area contributed by atoms with E-state index in [1.165, 1.54) is 0 Å². The van der Waals surface area contributed by atoms with Gasteiger partial charge in [-0.25, -0.2) is 0 Å². The highest BCUT2D eigenvalue weighted by Gasteiger charge is 2.24. The van der Waals surface area contributed by atoms with E-state index in [2.05, 4.69) is 30.9 Å². The van der Waals surface area contributed by atoms with Crippen molar-refractivity contribution in [1.29, 1.82) is 0 Å². The maximum atomic E-state index is 12.8. The Balaban J connectivity index is 1.82. The molecule has 0 spiro atoms. The van der Waals surface area contributed by atoms with E-state index in [1.807, 2.05) is 35.2 Å². The fourth-order valence-corrected chi connectivity index (χ4v) is 3.02. The number of amides is 1. The maximum absolute atomic E-state index is 12.8. The smallest absolute Gasteiger partial charge is 0.254 e. The number of nitrogens with zero attached hydrogens (tertiary/aromatic N) is 2. The Morgan fingerprint density at radius 2 is 1.62 bits per heavy atom. The van der Waals surface area contributed by atoms with Gasteiger partial charge in [0, 0.05) is 37.8 Å². The van der Waals surface area contributed by atoms with Gasteiger partial charge < -0.3 is 4.90 Å². The van der Waals surface area contributed by atoms with Crippen molar-refractivity contribution < 1.29 is 4.79 Å². The molecule has 0 saturated carbocycles. The van der Waals surface area contributed by atoms with Crippen molar-refractivity contribution in [3.63, 3.8) is 0 Å². The third kappa shape index (κ3) is 2.79. The first-order valence-electron chi connectivity index (χ1n) is 7.68. The van der Waals surface area contributed by atoms with E-state index in [0.717, 1.165) is 42.5 Å². The van der Waals surface area contributed by atoms with Gasteiger partial charge in [-0.1, -0.05) is 36.4 Å². The Hall–Kier alpha value is -1.87. The Morgan fingerprint density at radius 1 is 0.952 bits per heavy atom. The molecule has 0 unspecified atom stereocenters. The van der Waals surface area contributed by atoms with Crippen LogP contribution >= 0.6 is 0 Å². The summed E-state index contributed by atoms with van der Waals surface area (Å²) in [5.74, 6) is 0.162. The van der Waals surface area contributed by atoms with Crippen molar-refractivity contribution in [2.75, 3.05) is 26.2 Å². The Kier molecular flexibility index (Phi) is 3.93. The third-order valence-electron chi connectivity index (χ3n) is 4.35. The van der Waals surface area contributed by atoms with Gasteiger partial charge in [0.2, 0.25) is 0 Å². The molecular formula is C18H22N2O. The summed E-state index contributed by atoms with van der Waals surface area (Å²) in [5.41, 5.74) is 0.825. The second-order valence-electron chi connectivity index (χ2n) is 5.95. The molecule has 21 heavy (non-hydrogen) atoms. The summed E-state index contributed by atoms with van der Waals surface area (Å²) in [5, 5.41) is 2.18. The summed E-state index contributed by atoms with van der Waals surface area (Å²) in [7, 11) is 0. The van der Waals surface area contributed by atoms with Crippen LogP contribution in [0.5, 0.6) is 0 Å². The summed E-state index contributed by atoms with van der Waals surface area (Å²) in [6.07, 6.45) is 0. The van der Waals surface area contributed by atoms with Gasteiger partial charge in [-0.05, 0) is 30.7 Å². The van der Waals surface area contributed by atoms with Crippen LogP contribution in [-0.2, 0) is 0 Å². The topological polar surface area (TPSA) is 23.6 Å². The predicted molar refractivity (Wildman–Crippen MR) is 86.6 cm³/mol. The van der Waals surface area contributed by atoms with E-state index >= 15 is 0 Å². The highest BCUT2D eigenvalue weighted by molar-refractivity contribution is 6.07. The molecule has 0 bridgehead atoms. The van der Waals surface area contributed by atoms with Gasteiger partial charge >= 0.3 is 0 Å². The number of hydrogen-bond acceptors (Lipinski definition) is 2. The van der Waals surface area contributed by atoms with Crippen molar-refractivity contribution in [3.8, 4) is 0 Å². The van der Waals surface area contributed by atoms with Crippen molar-refractivity contribution in [2.24, 2.45) is 0 Å². The number of hydrogen-bond donors (Lipinski definition) is 0. The van der Waals surface area contributed by atoms with Gasteiger partial charge in [0.1, 0.15) is 0 Å². The van der Waals surface area contributed by atoms with E-state index in [4.69, 9.17) is 0 Å². The van der Waals surface area contributed by atoms with Crippen LogP contribution in [0.4, 0.5) is 0 Å².